The van der Waals surface area contributed by atoms with Gasteiger partial charge in [0.15, 0.2) is 0 Å². The number of fused-ring (bicyclic) bond motifs is 12. The van der Waals surface area contributed by atoms with Crippen molar-refractivity contribution in [1.82, 2.24) is 4.98 Å². The molecule has 0 amide bonds. The van der Waals surface area contributed by atoms with Crippen molar-refractivity contribution in [1.29, 1.82) is 0 Å². The van der Waals surface area contributed by atoms with Crippen LogP contribution in [-0.2, 0) is 10.8 Å². The Morgan fingerprint density at radius 3 is 1.66 bits per heavy atom. The summed E-state index contributed by atoms with van der Waals surface area (Å²) in [6.07, 6.45) is 0. The van der Waals surface area contributed by atoms with Crippen LogP contribution in [0.1, 0.15) is 47.2 Å². The zero-order chi connectivity index (χ0) is 35.3. The van der Waals surface area contributed by atoms with Gasteiger partial charge in [-0.05, 0) is 86.0 Å². The molecule has 1 spiro atoms. The SMILES string of the molecule is CC1(C)c2cc3c(cc2-c2c(-c4cc(-c5ccccc5)cc(-c5ccccc5)n4)cccc21)Oc1ccccc1C31c2ccccc2-c2ccccc21. The van der Waals surface area contributed by atoms with Crippen LogP contribution in [0, 0.1) is 0 Å². The third kappa shape index (κ3) is 4.12. The molecule has 2 nitrogen and oxygen atoms in total. The fraction of sp³-hybridized carbons (Fsp3) is 0.0784. The monoisotopic (exact) mass is 677 g/mol. The number of ether oxygens (including phenoxy) is 1. The molecule has 0 saturated carbocycles. The first-order valence-electron chi connectivity index (χ1n) is 18.5. The molecule has 0 radical (unpaired) electrons. The van der Waals surface area contributed by atoms with Crippen LogP contribution >= 0.6 is 0 Å². The standard InChI is InChI=1S/C51H35NO/c1-50(2)42-26-15-22-37(46-29-34(32-16-5-3-6-17-32)28-45(52-46)33-18-7-4-8-19-33)49(42)38-30-48-44(31-43(38)50)51(41-25-13-14-27-47(41)53-48)39-23-11-9-20-35(39)36-21-10-12-24-40(36)51/h3-31H,1-2H3. The van der Waals surface area contributed by atoms with Crippen molar-refractivity contribution in [2.45, 2.75) is 24.7 Å². The summed E-state index contributed by atoms with van der Waals surface area (Å²) in [6, 6.07) is 63.7. The molecule has 2 heterocycles. The van der Waals surface area contributed by atoms with Crippen LogP contribution < -0.4 is 4.74 Å². The Bertz CT molecular complexity index is 2670. The largest absolute Gasteiger partial charge is 0.457 e. The summed E-state index contributed by atoms with van der Waals surface area (Å²) in [5.41, 5.74) is 18.3. The van der Waals surface area contributed by atoms with E-state index in [9.17, 15) is 0 Å². The Hall–Kier alpha value is -6.51. The molecule has 1 aromatic heterocycles. The fourth-order valence-electron chi connectivity index (χ4n) is 9.57. The molecule has 11 rings (SSSR count). The third-order valence-electron chi connectivity index (χ3n) is 11.9. The van der Waals surface area contributed by atoms with Gasteiger partial charge in [0.05, 0.1) is 16.8 Å². The normalized spacial score (nSPS) is 14.7. The van der Waals surface area contributed by atoms with Gasteiger partial charge in [-0.1, -0.05) is 159 Å². The Morgan fingerprint density at radius 2 is 0.943 bits per heavy atom. The lowest BCUT2D eigenvalue weighted by atomic mass is 9.65. The molecule has 0 bridgehead atoms. The Kier molecular flexibility index (Phi) is 6.25. The number of hydrogen-bond acceptors (Lipinski definition) is 2. The van der Waals surface area contributed by atoms with Crippen LogP contribution in [0.2, 0.25) is 0 Å². The van der Waals surface area contributed by atoms with Gasteiger partial charge in [-0.15, -0.1) is 0 Å². The molecule has 0 saturated heterocycles. The average molecular weight is 678 g/mol. The molecule has 0 N–H and O–H groups in total. The highest BCUT2D eigenvalue weighted by atomic mass is 16.5. The van der Waals surface area contributed by atoms with Crippen molar-refractivity contribution in [3.05, 3.63) is 209 Å². The molecule has 8 aromatic rings. The third-order valence-corrected chi connectivity index (χ3v) is 11.9. The molecule has 3 aliphatic rings. The number of para-hydroxylation sites is 1. The van der Waals surface area contributed by atoms with Crippen molar-refractivity contribution in [3.63, 3.8) is 0 Å². The molecular weight excluding hydrogens is 643 g/mol. The Labute approximate surface area is 310 Å². The first-order chi connectivity index (χ1) is 26.0. The lowest BCUT2D eigenvalue weighted by Gasteiger charge is -2.40. The van der Waals surface area contributed by atoms with E-state index in [1.54, 1.807) is 0 Å². The summed E-state index contributed by atoms with van der Waals surface area (Å²) in [6.45, 7) is 4.75. The van der Waals surface area contributed by atoms with Crippen molar-refractivity contribution >= 4 is 0 Å². The van der Waals surface area contributed by atoms with Crippen molar-refractivity contribution in [3.8, 4) is 67.4 Å². The number of pyridine rings is 1. The quantitative estimate of drug-likeness (QED) is 0.186. The zero-order valence-electron chi connectivity index (χ0n) is 29.6. The van der Waals surface area contributed by atoms with Gasteiger partial charge >= 0.3 is 0 Å². The minimum atomic E-state index is -0.504. The van der Waals surface area contributed by atoms with Gasteiger partial charge < -0.3 is 4.74 Å². The number of nitrogens with zero attached hydrogens (tertiary/aromatic N) is 1. The molecule has 2 aliphatic carbocycles. The highest BCUT2D eigenvalue weighted by molar-refractivity contribution is 5.95. The first kappa shape index (κ1) is 30.1. The molecule has 250 valence electrons. The van der Waals surface area contributed by atoms with Crippen LogP contribution in [-0.4, -0.2) is 4.98 Å². The predicted molar refractivity (Wildman–Crippen MR) is 215 cm³/mol. The summed E-state index contributed by atoms with van der Waals surface area (Å²) in [5, 5.41) is 0. The maximum Gasteiger partial charge on any atom is 0.132 e. The van der Waals surface area contributed by atoms with Crippen LogP contribution in [0.4, 0.5) is 0 Å². The Morgan fingerprint density at radius 1 is 0.377 bits per heavy atom. The number of hydrogen-bond donors (Lipinski definition) is 0. The van der Waals surface area contributed by atoms with E-state index < -0.39 is 5.41 Å². The number of benzene rings is 7. The molecule has 53 heavy (non-hydrogen) atoms. The van der Waals surface area contributed by atoms with Gasteiger partial charge in [-0.3, -0.25) is 0 Å². The van der Waals surface area contributed by atoms with E-state index in [0.717, 1.165) is 39.6 Å². The lowest BCUT2D eigenvalue weighted by Crippen LogP contribution is -2.32. The number of aromatic nitrogens is 1. The van der Waals surface area contributed by atoms with E-state index in [0.29, 0.717) is 0 Å². The first-order valence-corrected chi connectivity index (χ1v) is 18.5. The summed E-state index contributed by atoms with van der Waals surface area (Å²) < 4.78 is 6.99. The molecule has 0 unspecified atom stereocenters. The van der Waals surface area contributed by atoms with E-state index in [4.69, 9.17) is 9.72 Å². The van der Waals surface area contributed by atoms with E-state index in [-0.39, 0.29) is 5.41 Å². The lowest BCUT2D eigenvalue weighted by molar-refractivity contribution is 0.436. The van der Waals surface area contributed by atoms with Crippen LogP contribution in [0.15, 0.2) is 176 Å². The summed E-state index contributed by atoms with van der Waals surface area (Å²) in [4.78, 5) is 5.39. The zero-order valence-corrected chi connectivity index (χ0v) is 29.6. The number of rotatable bonds is 3. The van der Waals surface area contributed by atoms with Gasteiger partial charge in [0.1, 0.15) is 11.5 Å². The molecule has 7 aromatic carbocycles. The second-order valence-corrected chi connectivity index (χ2v) is 15.0. The topological polar surface area (TPSA) is 22.1 Å². The highest BCUT2D eigenvalue weighted by Crippen LogP contribution is 2.64. The van der Waals surface area contributed by atoms with Gasteiger partial charge in [0.2, 0.25) is 0 Å². The summed E-state index contributed by atoms with van der Waals surface area (Å²) in [5.74, 6) is 1.81. The molecule has 0 fully saturated rings. The molecule has 1 aliphatic heterocycles. The molecule has 2 heteroatoms. The second kappa shape index (κ2) is 11.0. The van der Waals surface area contributed by atoms with E-state index in [1.807, 2.05) is 0 Å². The van der Waals surface area contributed by atoms with Gasteiger partial charge in [0.25, 0.3) is 0 Å². The summed E-state index contributed by atoms with van der Waals surface area (Å²) >= 11 is 0. The van der Waals surface area contributed by atoms with Crippen molar-refractivity contribution in [2.75, 3.05) is 0 Å². The average Bonchev–Trinajstić information content (AvgIpc) is 3.63. The maximum absolute atomic E-state index is 6.99. The minimum absolute atomic E-state index is 0.259. The van der Waals surface area contributed by atoms with Crippen LogP contribution in [0.3, 0.4) is 0 Å². The van der Waals surface area contributed by atoms with Gasteiger partial charge in [-0.2, -0.15) is 0 Å². The van der Waals surface area contributed by atoms with Crippen LogP contribution in [0.25, 0.3) is 55.9 Å². The van der Waals surface area contributed by atoms with Gasteiger partial charge in [-0.25, -0.2) is 4.98 Å². The summed E-state index contributed by atoms with van der Waals surface area (Å²) in [7, 11) is 0. The minimum Gasteiger partial charge on any atom is -0.457 e. The van der Waals surface area contributed by atoms with E-state index in [1.165, 1.54) is 61.2 Å². The molecule has 0 atom stereocenters. The highest BCUT2D eigenvalue weighted by Gasteiger charge is 2.52. The predicted octanol–water partition coefficient (Wildman–Crippen LogP) is 12.9. The van der Waals surface area contributed by atoms with Crippen molar-refractivity contribution in [2.24, 2.45) is 0 Å². The van der Waals surface area contributed by atoms with Crippen LogP contribution in [0.5, 0.6) is 11.5 Å². The maximum atomic E-state index is 6.99. The fourth-order valence-corrected chi connectivity index (χ4v) is 9.57. The van der Waals surface area contributed by atoms with E-state index in [2.05, 4.69) is 190 Å². The smallest absolute Gasteiger partial charge is 0.132 e. The second-order valence-electron chi connectivity index (χ2n) is 15.0. The molecular formula is C51H35NO. The van der Waals surface area contributed by atoms with Gasteiger partial charge in [0, 0.05) is 27.7 Å². The van der Waals surface area contributed by atoms with Crippen molar-refractivity contribution < 1.29 is 4.74 Å². The van der Waals surface area contributed by atoms with E-state index >= 15 is 0 Å². The Balaban J connectivity index is 1.18.